The van der Waals surface area contributed by atoms with Crippen LogP contribution in [0.5, 0.6) is 0 Å². The van der Waals surface area contributed by atoms with Gasteiger partial charge < -0.3 is 10.6 Å². The summed E-state index contributed by atoms with van der Waals surface area (Å²) in [6.45, 7) is 5.01. The zero-order valence-corrected chi connectivity index (χ0v) is 12.1. The molecule has 0 fully saturated rings. The second-order valence-electron chi connectivity index (χ2n) is 5.28. The number of nitrogens with zero attached hydrogens (tertiary/aromatic N) is 3. The Morgan fingerprint density at radius 1 is 1.26 bits per heavy atom. The maximum atomic E-state index is 6.23. The standard InChI is InChI=1S/C15H22N4/c1-11-5-12(2)7-14(6-11)18(3)10-15(16)13-8-17-19(4)9-13/h5-9,15H,10,16H2,1-4H3. The Balaban J connectivity index is 2.10. The molecular weight excluding hydrogens is 236 g/mol. The minimum atomic E-state index is -0.0282. The summed E-state index contributed by atoms with van der Waals surface area (Å²) in [6, 6.07) is 6.52. The molecule has 1 unspecified atom stereocenters. The van der Waals surface area contributed by atoms with E-state index in [0.717, 1.165) is 12.1 Å². The van der Waals surface area contributed by atoms with Gasteiger partial charge in [0.15, 0.2) is 0 Å². The van der Waals surface area contributed by atoms with Gasteiger partial charge >= 0.3 is 0 Å². The van der Waals surface area contributed by atoms with E-state index in [9.17, 15) is 0 Å². The van der Waals surface area contributed by atoms with Crippen LogP contribution in [0.2, 0.25) is 0 Å². The predicted octanol–water partition coefficient (Wildman–Crippen LogP) is 2.17. The molecule has 4 nitrogen and oxygen atoms in total. The molecule has 1 aromatic heterocycles. The highest BCUT2D eigenvalue weighted by molar-refractivity contribution is 5.50. The summed E-state index contributed by atoms with van der Waals surface area (Å²) >= 11 is 0. The molecule has 1 atom stereocenters. The number of likely N-dealkylation sites (N-methyl/N-ethyl adjacent to an activating group) is 1. The third kappa shape index (κ3) is 3.35. The lowest BCUT2D eigenvalue weighted by Gasteiger charge is -2.23. The van der Waals surface area contributed by atoms with Crippen LogP contribution in [0.4, 0.5) is 5.69 Å². The fraction of sp³-hybridized carbons (Fsp3) is 0.400. The number of aromatic nitrogens is 2. The second kappa shape index (κ2) is 5.45. The van der Waals surface area contributed by atoms with Crippen molar-refractivity contribution in [1.29, 1.82) is 0 Å². The van der Waals surface area contributed by atoms with Gasteiger partial charge in [0.1, 0.15) is 0 Å². The molecule has 0 aliphatic heterocycles. The first-order valence-corrected chi connectivity index (χ1v) is 6.49. The summed E-state index contributed by atoms with van der Waals surface area (Å²) in [6.07, 6.45) is 3.81. The zero-order valence-electron chi connectivity index (χ0n) is 12.1. The Labute approximate surface area is 114 Å². The molecule has 1 aromatic carbocycles. The van der Waals surface area contributed by atoms with Crippen LogP contribution in [0.15, 0.2) is 30.6 Å². The van der Waals surface area contributed by atoms with E-state index in [1.165, 1.54) is 16.8 Å². The van der Waals surface area contributed by atoms with Gasteiger partial charge in [0.2, 0.25) is 0 Å². The molecule has 2 N–H and O–H groups in total. The Morgan fingerprint density at radius 3 is 2.42 bits per heavy atom. The van der Waals surface area contributed by atoms with Gasteiger partial charge in [-0.15, -0.1) is 0 Å². The van der Waals surface area contributed by atoms with Crippen LogP contribution in [0.25, 0.3) is 0 Å². The average molecular weight is 258 g/mol. The Bertz CT molecular complexity index is 539. The molecule has 0 saturated heterocycles. The maximum Gasteiger partial charge on any atom is 0.0538 e. The van der Waals surface area contributed by atoms with Gasteiger partial charge in [0, 0.05) is 38.1 Å². The van der Waals surface area contributed by atoms with Crippen LogP contribution in [0.1, 0.15) is 22.7 Å². The molecule has 0 spiro atoms. The van der Waals surface area contributed by atoms with Crippen LogP contribution in [-0.4, -0.2) is 23.4 Å². The van der Waals surface area contributed by atoms with Gasteiger partial charge in [-0.2, -0.15) is 5.10 Å². The number of aryl methyl sites for hydroxylation is 3. The fourth-order valence-corrected chi connectivity index (χ4v) is 2.31. The van der Waals surface area contributed by atoms with Gasteiger partial charge in [-0.25, -0.2) is 0 Å². The Hall–Kier alpha value is -1.81. The Kier molecular flexibility index (Phi) is 3.90. The van der Waals surface area contributed by atoms with E-state index < -0.39 is 0 Å². The number of benzene rings is 1. The van der Waals surface area contributed by atoms with Gasteiger partial charge in [-0.3, -0.25) is 4.68 Å². The quantitative estimate of drug-likeness (QED) is 0.914. The highest BCUT2D eigenvalue weighted by Crippen LogP contribution is 2.20. The third-order valence-electron chi connectivity index (χ3n) is 3.27. The van der Waals surface area contributed by atoms with Crippen molar-refractivity contribution in [1.82, 2.24) is 9.78 Å². The van der Waals surface area contributed by atoms with Crippen LogP contribution in [0, 0.1) is 13.8 Å². The summed E-state index contributed by atoms with van der Waals surface area (Å²) in [7, 11) is 3.98. The second-order valence-corrected chi connectivity index (χ2v) is 5.28. The number of hydrogen-bond donors (Lipinski definition) is 1. The largest absolute Gasteiger partial charge is 0.373 e. The van der Waals surface area contributed by atoms with Crippen LogP contribution < -0.4 is 10.6 Å². The van der Waals surface area contributed by atoms with Gasteiger partial charge in [0.25, 0.3) is 0 Å². The van der Waals surface area contributed by atoms with Crippen molar-refractivity contribution in [3.05, 3.63) is 47.3 Å². The van der Waals surface area contributed by atoms with Crippen LogP contribution in [-0.2, 0) is 7.05 Å². The molecule has 2 aromatic rings. The van der Waals surface area contributed by atoms with Crippen molar-refractivity contribution < 1.29 is 0 Å². The monoisotopic (exact) mass is 258 g/mol. The van der Waals surface area contributed by atoms with Crippen molar-refractivity contribution in [3.8, 4) is 0 Å². The van der Waals surface area contributed by atoms with Crippen molar-refractivity contribution in [3.63, 3.8) is 0 Å². The van der Waals surface area contributed by atoms with E-state index in [1.807, 2.05) is 19.4 Å². The van der Waals surface area contributed by atoms with E-state index in [-0.39, 0.29) is 6.04 Å². The molecule has 0 radical (unpaired) electrons. The first-order chi connectivity index (χ1) is 8.95. The third-order valence-corrected chi connectivity index (χ3v) is 3.27. The molecule has 0 aliphatic carbocycles. The molecule has 1 heterocycles. The maximum absolute atomic E-state index is 6.23. The molecular formula is C15H22N4. The van der Waals surface area contributed by atoms with Gasteiger partial charge in [-0.1, -0.05) is 6.07 Å². The number of hydrogen-bond acceptors (Lipinski definition) is 3. The van der Waals surface area contributed by atoms with Crippen molar-refractivity contribution in [2.45, 2.75) is 19.9 Å². The van der Waals surface area contributed by atoms with Gasteiger partial charge in [0.05, 0.1) is 12.2 Å². The normalized spacial score (nSPS) is 12.5. The highest BCUT2D eigenvalue weighted by atomic mass is 15.2. The summed E-state index contributed by atoms with van der Waals surface area (Å²) in [5.74, 6) is 0. The molecule has 0 bridgehead atoms. The summed E-state index contributed by atoms with van der Waals surface area (Å²) in [5.41, 5.74) is 11.1. The van der Waals surface area contributed by atoms with E-state index in [0.29, 0.717) is 0 Å². The minimum Gasteiger partial charge on any atom is -0.373 e. The summed E-state index contributed by atoms with van der Waals surface area (Å²) < 4.78 is 1.78. The number of anilines is 1. The molecule has 0 aliphatic rings. The van der Waals surface area contributed by atoms with Crippen LogP contribution >= 0.6 is 0 Å². The van der Waals surface area contributed by atoms with Crippen molar-refractivity contribution in [2.24, 2.45) is 12.8 Å². The summed E-state index contributed by atoms with van der Waals surface area (Å²) in [5, 5.41) is 4.16. The average Bonchev–Trinajstić information content (AvgIpc) is 2.74. The predicted molar refractivity (Wildman–Crippen MR) is 79.3 cm³/mol. The van der Waals surface area contributed by atoms with Crippen LogP contribution in [0.3, 0.4) is 0 Å². The molecule has 4 heteroatoms. The SMILES string of the molecule is Cc1cc(C)cc(N(C)CC(N)c2cnn(C)c2)c1. The lowest BCUT2D eigenvalue weighted by atomic mass is 10.1. The van der Waals surface area contributed by atoms with E-state index >= 15 is 0 Å². The molecule has 0 amide bonds. The number of nitrogens with two attached hydrogens (primary N) is 1. The van der Waals surface area contributed by atoms with Crippen molar-refractivity contribution in [2.75, 3.05) is 18.5 Å². The smallest absolute Gasteiger partial charge is 0.0538 e. The zero-order chi connectivity index (χ0) is 14.0. The van der Waals surface area contributed by atoms with E-state index in [1.54, 1.807) is 4.68 Å². The lowest BCUT2D eigenvalue weighted by Crippen LogP contribution is -2.28. The van der Waals surface area contributed by atoms with Gasteiger partial charge in [-0.05, 0) is 37.1 Å². The van der Waals surface area contributed by atoms with Crippen molar-refractivity contribution >= 4 is 5.69 Å². The highest BCUT2D eigenvalue weighted by Gasteiger charge is 2.12. The molecule has 0 saturated carbocycles. The first-order valence-electron chi connectivity index (χ1n) is 6.49. The van der Waals surface area contributed by atoms with E-state index in [4.69, 9.17) is 5.73 Å². The minimum absolute atomic E-state index is 0.0282. The first kappa shape index (κ1) is 13.6. The fourth-order valence-electron chi connectivity index (χ4n) is 2.31. The molecule has 19 heavy (non-hydrogen) atoms. The number of rotatable bonds is 4. The summed E-state index contributed by atoms with van der Waals surface area (Å²) in [4.78, 5) is 2.19. The topological polar surface area (TPSA) is 47.1 Å². The Morgan fingerprint density at radius 2 is 1.89 bits per heavy atom. The lowest BCUT2D eigenvalue weighted by molar-refractivity contribution is 0.700. The molecule has 102 valence electrons. The molecule has 2 rings (SSSR count). The van der Waals surface area contributed by atoms with E-state index in [2.05, 4.69) is 49.1 Å².